The number of anilines is 1. The summed E-state index contributed by atoms with van der Waals surface area (Å²) < 4.78 is 0. The van der Waals surface area contributed by atoms with E-state index in [1.54, 1.807) is 0 Å². The molecule has 2 unspecified atom stereocenters. The molecule has 1 aliphatic heterocycles. The van der Waals surface area contributed by atoms with Crippen LogP contribution in [0, 0.1) is 5.92 Å². The molecule has 0 aromatic heterocycles. The molecule has 0 spiro atoms. The molecule has 2 aliphatic rings. The average Bonchev–Trinajstić information content (AvgIpc) is 2.67. The number of hydrogen-bond acceptors (Lipinski definition) is 2. The average molecular weight is 342 g/mol. The first kappa shape index (κ1) is 16.8. The van der Waals surface area contributed by atoms with E-state index in [-0.39, 0.29) is 0 Å². The Hall–Kier alpha value is -2.61. The second-order valence-electron chi connectivity index (χ2n) is 7.42. The monoisotopic (exact) mass is 342 g/mol. The van der Waals surface area contributed by atoms with Crippen LogP contribution < -0.4 is 5.32 Å². The third-order valence-electron chi connectivity index (χ3n) is 5.48. The molecule has 2 aromatic carbocycles. The van der Waals surface area contributed by atoms with Crippen LogP contribution in [-0.2, 0) is 6.42 Å². The van der Waals surface area contributed by atoms with Crippen molar-refractivity contribution < 1.29 is 0 Å². The highest BCUT2D eigenvalue weighted by molar-refractivity contribution is 5.73. The largest absolute Gasteiger partial charge is 0.358 e. The van der Waals surface area contributed by atoms with Crippen LogP contribution in [0.3, 0.4) is 0 Å². The Labute approximate surface area is 156 Å². The molecule has 2 atom stereocenters. The summed E-state index contributed by atoms with van der Waals surface area (Å²) in [6.45, 7) is 2.20. The van der Waals surface area contributed by atoms with Crippen molar-refractivity contribution in [1.82, 2.24) is 0 Å². The highest BCUT2D eigenvalue weighted by Crippen LogP contribution is 2.35. The van der Waals surface area contributed by atoms with Gasteiger partial charge >= 0.3 is 0 Å². The van der Waals surface area contributed by atoms with E-state index in [1.165, 1.54) is 34.5 Å². The van der Waals surface area contributed by atoms with Crippen molar-refractivity contribution in [1.29, 1.82) is 0 Å². The Kier molecular flexibility index (Phi) is 5.01. The first-order valence-electron chi connectivity index (χ1n) is 9.61. The molecule has 0 saturated heterocycles. The highest BCUT2D eigenvalue weighted by Gasteiger charge is 2.22. The Morgan fingerprint density at radius 2 is 1.85 bits per heavy atom. The van der Waals surface area contributed by atoms with Crippen LogP contribution >= 0.6 is 0 Å². The van der Waals surface area contributed by atoms with Crippen molar-refractivity contribution >= 4 is 11.9 Å². The van der Waals surface area contributed by atoms with Gasteiger partial charge in [0.15, 0.2) is 0 Å². The fourth-order valence-electron chi connectivity index (χ4n) is 4.03. The van der Waals surface area contributed by atoms with Gasteiger partial charge in [-0.2, -0.15) is 0 Å². The fourth-order valence-corrected chi connectivity index (χ4v) is 4.03. The number of rotatable bonds is 2. The molecule has 1 aliphatic carbocycles. The lowest BCUT2D eigenvalue weighted by molar-refractivity contribution is 0.457. The molecule has 2 nitrogen and oxygen atoms in total. The molecule has 0 radical (unpaired) electrons. The fraction of sp³-hybridized carbons (Fsp3) is 0.292. The van der Waals surface area contributed by atoms with Crippen molar-refractivity contribution in [3.8, 4) is 0 Å². The Morgan fingerprint density at radius 3 is 2.73 bits per heavy atom. The van der Waals surface area contributed by atoms with E-state index < -0.39 is 0 Å². The molecule has 2 aromatic rings. The number of nitrogens with one attached hydrogen (secondary N) is 1. The van der Waals surface area contributed by atoms with Crippen LogP contribution in [0.1, 0.15) is 43.2 Å². The molecular formula is C24H26N2. The summed E-state index contributed by atoms with van der Waals surface area (Å²) in [6.07, 6.45) is 10.8. The number of benzene rings is 2. The maximum Gasteiger partial charge on any atom is 0.0420 e. The number of para-hydroxylation sites is 1. The molecule has 0 saturated carbocycles. The molecule has 0 amide bonds. The molecule has 4 rings (SSSR count). The molecule has 1 N–H and O–H groups in total. The summed E-state index contributed by atoms with van der Waals surface area (Å²) in [5.74, 6) is 0.988. The molecule has 1 heterocycles. The third kappa shape index (κ3) is 3.80. The van der Waals surface area contributed by atoms with Crippen molar-refractivity contribution in [2.24, 2.45) is 10.9 Å². The van der Waals surface area contributed by atoms with E-state index in [0.717, 1.165) is 19.3 Å². The van der Waals surface area contributed by atoms with Crippen LogP contribution in [0.2, 0.25) is 0 Å². The summed E-state index contributed by atoms with van der Waals surface area (Å²) in [5, 5.41) is 3.78. The van der Waals surface area contributed by atoms with E-state index >= 15 is 0 Å². The molecule has 26 heavy (non-hydrogen) atoms. The number of hydrogen-bond donors (Lipinski definition) is 1. The lowest BCUT2D eigenvalue weighted by atomic mass is 9.83. The highest BCUT2D eigenvalue weighted by atomic mass is 14.9. The molecule has 132 valence electrons. The number of nitrogens with zero attached hydrogens (tertiary/aromatic N) is 1. The van der Waals surface area contributed by atoms with Crippen LogP contribution in [-0.4, -0.2) is 6.21 Å². The standard InChI is InChI=1S/C24H26N2/c1-18-17-25-14-13-21-12-11-20(15-19-7-3-2-4-8-19)16-24(21)26-23-10-6-5-9-22(18)23/h2-10,13-14,17-18,20,26H,11-12,15-16H2,1H3. The number of aliphatic imine (C=N–C) groups is 1. The SMILES string of the molecule is CC1C=NC=CC2=C(CC(Cc3ccccc3)CC2)Nc2ccccc21. The molecule has 2 heteroatoms. The molecule has 0 bridgehead atoms. The number of fused-ring (bicyclic) bond motifs is 1. The van der Waals surface area contributed by atoms with Gasteiger partial charge in [0.1, 0.15) is 0 Å². The molecule has 0 fully saturated rings. The van der Waals surface area contributed by atoms with E-state index in [9.17, 15) is 0 Å². The van der Waals surface area contributed by atoms with Crippen LogP contribution in [0.4, 0.5) is 5.69 Å². The quantitative estimate of drug-likeness (QED) is 0.701. The first-order chi connectivity index (χ1) is 12.8. The van der Waals surface area contributed by atoms with E-state index in [0.29, 0.717) is 11.8 Å². The zero-order valence-electron chi connectivity index (χ0n) is 15.4. The lowest BCUT2D eigenvalue weighted by Gasteiger charge is -2.28. The van der Waals surface area contributed by atoms with Crippen molar-refractivity contribution in [3.05, 3.63) is 89.3 Å². The second kappa shape index (κ2) is 7.74. The van der Waals surface area contributed by atoms with Gasteiger partial charge in [0.25, 0.3) is 0 Å². The van der Waals surface area contributed by atoms with Crippen molar-refractivity contribution in [3.63, 3.8) is 0 Å². The lowest BCUT2D eigenvalue weighted by Crippen LogP contribution is -2.18. The Morgan fingerprint density at radius 1 is 1.04 bits per heavy atom. The minimum absolute atomic E-state index is 0.300. The minimum Gasteiger partial charge on any atom is -0.358 e. The third-order valence-corrected chi connectivity index (χ3v) is 5.48. The van der Waals surface area contributed by atoms with Gasteiger partial charge in [-0.15, -0.1) is 0 Å². The maximum atomic E-state index is 4.52. The zero-order chi connectivity index (χ0) is 17.8. The van der Waals surface area contributed by atoms with E-state index in [1.807, 2.05) is 12.4 Å². The summed E-state index contributed by atoms with van der Waals surface area (Å²) >= 11 is 0. The van der Waals surface area contributed by atoms with Gasteiger partial charge in [-0.1, -0.05) is 55.5 Å². The Balaban J connectivity index is 1.61. The van der Waals surface area contributed by atoms with Gasteiger partial charge in [-0.3, -0.25) is 4.99 Å². The van der Waals surface area contributed by atoms with Gasteiger partial charge in [-0.05, 0) is 60.4 Å². The summed E-state index contributed by atoms with van der Waals surface area (Å²) in [5.41, 5.74) is 6.73. The normalized spacial score (nSPS) is 22.3. The molecular weight excluding hydrogens is 316 g/mol. The summed E-state index contributed by atoms with van der Waals surface area (Å²) in [7, 11) is 0. The number of allylic oxidation sites excluding steroid dienone is 3. The van der Waals surface area contributed by atoms with E-state index in [4.69, 9.17) is 0 Å². The van der Waals surface area contributed by atoms with Gasteiger partial charge in [-0.25, -0.2) is 0 Å². The maximum absolute atomic E-state index is 4.52. The summed E-state index contributed by atoms with van der Waals surface area (Å²) in [4.78, 5) is 4.52. The van der Waals surface area contributed by atoms with Crippen LogP contribution in [0.15, 0.2) is 83.1 Å². The minimum atomic E-state index is 0.300. The second-order valence-corrected chi connectivity index (χ2v) is 7.42. The van der Waals surface area contributed by atoms with Gasteiger partial charge in [0, 0.05) is 29.7 Å². The van der Waals surface area contributed by atoms with Crippen molar-refractivity contribution in [2.45, 2.75) is 38.5 Å². The van der Waals surface area contributed by atoms with Crippen LogP contribution in [0.25, 0.3) is 0 Å². The topological polar surface area (TPSA) is 24.4 Å². The predicted molar refractivity (Wildman–Crippen MR) is 111 cm³/mol. The van der Waals surface area contributed by atoms with Crippen LogP contribution in [0.5, 0.6) is 0 Å². The van der Waals surface area contributed by atoms with Gasteiger partial charge in [0.2, 0.25) is 0 Å². The Bertz CT molecular complexity index is 846. The predicted octanol–water partition coefficient (Wildman–Crippen LogP) is 6.10. The smallest absolute Gasteiger partial charge is 0.0420 e. The van der Waals surface area contributed by atoms with Crippen molar-refractivity contribution in [2.75, 3.05) is 5.32 Å². The summed E-state index contributed by atoms with van der Waals surface area (Å²) in [6, 6.07) is 19.5. The zero-order valence-corrected chi connectivity index (χ0v) is 15.4. The van der Waals surface area contributed by atoms with E-state index in [2.05, 4.69) is 77.9 Å². The van der Waals surface area contributed by atoms with Gasteiger partial charge < -0.3 is 5.32 Å². The van der Waals surface area contributed by atoms with Gasteiger partial charge in [0.05, 0.1) is 0 Å². The first-order valence-corrected chi connectivity index (χ1v) is 9.61.